The van der Waals surface area contributed by atoms with Crippen LogP contribution in [0.4, 0.5) is 5.82 Å². The molecule has 3 N–H and O–H groups in total. The molecule has 1 rings (SSSR count). The molecule has 0 aromatic carbocycles. The van der Waals surface area contributed by atoms with Crippen LogP contribution in [0.5, 0.6) is 0 Å². The molecule has 1 amide bonds. The summed E-state index contributed by atoms with van der Waals surface area (Å²) >= 11 is 0. The van der Waals surface area contributed by atoms with Gasteiger partial charge in [0, 0.05) is 0 Å². The van der Waals surface area contributed by atoms with Crippen molar-refractivity contribution in [3.63, 3.8) is 0 Å². The number of carbonyl (C=O) groups excluding carboxylic acids is 1. The highest BCUT2D eigenvalue weighted by molar-refractivity contribution is 5.95. The van der Waals surface area contributed by atoms with Crippen LogP contribution in [0.1, 0.15) is 10.5 Å². The number of amides is 1. The van der Waals surface area contributed by atoms with Gasteiger partial charge in [0.15, 0.2) is 11.5 Å². The van der Waals surface area contributed by atoms with E-state index in [-0.39, 0.29) is 16.2 Å². The quantitative estimate of drug-likeness (QED) is 0.582. The number of nitrogens with one attached hydrogen (secondary N) is 1. The van der Waals surface area contributed by atoms with Crippen molar-refractivity contribution in [2.24, 2.45) is 10.8 Å². The SMILES string of the molecule is N=Nc1c(C(N)=O)ncn1[O-]. The summed E-state index contributed by atoms with van der Waals surface area (Å²) in [4.78, 5) is 13.8. The van der Waals surface area contributed by atoms with Gasteiger partial charge in [0.1, 0.15) is 0 Å². The maximum Gasteiger partial charge on any atom is 0.271 e. The molecule has 0 aliphatic rings. The Balaban J connectivity index is 3.26. The Hall–Kier alpha value is -1.92. The van der Waals surface area contributed by atoms with Gasteiger partial charge in [-0.25, -0.2) is 10.5 Å². The third-order valence-electron chi connectivity index (χ3n) is 1.05. The lowest BCUT2D eigenvalue weighted by molar-refractivity contribution is 0.0996. The normalized spacial score (nSPS) is 9.45. The van der Waals surface area contributed by atoms with Gasteiger partial charge in [-0.1, -0.05) is 0 Å². The predicted octanol–water partition coefficient (Wildman–Crippen LogP) is -0.00963. The Morgan fingerprint density at radius 3 is 2.91 bits per heavy atom. The van der Waals surface area contributed by atoms with E-state index < -0.39 is 5.91 Å². The highest BCUT2D eigenvalue weighted by Gasteiger charge is 2.10. The summed E-state index contributed by atoms with van der Waals surface area (Å²) in [6, 6.07) is 0. The molecule has 0 saturated heterocycles. The minimum absolute atomic E-state index is 0.201. The highest BCUT2D eigenvalue weighted by Crippen LogP contribution is 2.15. The number of primary amides is 1. The lowest BCUT2D eigenvalue weighted by atomic mass is 10.4. The second kappa shape index (κ2) is 2.37. The van der Waals surface area contributed by atoms with Crippen LogP contribution in [0.2, 0.25) is 0 Å². The first-order chi connectivity index (χ1) is 5.16. The van der Waals surface area contributed by atoms with E-state index >= 15 is 0 Å². The Labute approximate surface area is 60.9 Å². The number of hydrogen-bond acceptors (Lipinski definition) is 5. The summed E-state index contributed by atoms with van der Waals surface area (Å²) in [6.07, 6.45) is 0.827. The lowest BCUT2D eigenvalue weighted by Crippen LogP contribution is -2.11. The van der Waals surface area contributed by atoms with Crippen molar-refractivity contribution in [3.05, 3.63) is 17.2 Å². The molecule has 0 aliphatic carbocycles. The third kappa shape index (κ3) is 1.02. The fourth-order valence-electron chi connectivity index (χ4n) is 0.603. The van der Waals surface area contributed by atoms with Gasteiger partial charge in [0.25, 0.3) is 5.91 Å². The highest BCUT2D eigenvalue weighted by atomic mass is 16.5. The van der Waals surface area contributed by atoms with Crippen LogP contribution in [-0.2, 0) is 0 Å². The molecule has 0 saturated carbocycles. The molecule has 0 spiro atoms. The minimum Gasteiger partial charge on any atom is -0.803 e. The molecule has 7 heteroatoms. The summed E-state index contributed by atoms with van der Waals surface area (Å²) in [5.41, 5.74) is 11.0. The van der Waals surface area contributed by atoms with E-state index in [1.54, 1.807) is 0 Å². The smallest absolute Gasteiger partial charge is 0.271 e. The lowest BCUT2D eigenvalue weighted by Gasteiger charge is -2.04. The van der Waals surface area contributed by atoms with E-state index in [2.05, 4.69) is 10.1 Å². The van der Waals surface area contributed by atoms with Crippen molar-refractivity contribution in [2.45, 2.75) is 0 Å². The van der Waals surface area contributed by atoms with Gasteiger partial charge in [-0.15, -0.1) is 5.11 Å². The molecule has 1 heterocycles. The summed E-state index contributed by atoms with van der Waals surface area (Å²) in [5.74, 6) is -1.25. The number of rotatable bonds is 2. The molecule has 1 aromatic heterocycles. The van der Waals surface area contributed by atoms with Gasteiger partial charge in [-0.05, 0) is 0 Å². The summed E-state index contributed by atoms with van der Waals surface area (Å²) in [7, 11) is 0. The molecule has 0 atom stereocenters. The molecule has 1 aromatic rings. The van der Waals surface area contributed by atoms with E-state index in [0.717, 1.165) is 6.33 Å². The molecule has 0 aliphatic heterocycles. The molecule has 58 valence electrons. The fourth-order valence-corrected chi connectivity index (χ4v) is 0.603. The topological polar surface area (TPSA) is 120 Å². The number of imidazole rings is 1. The molecular formula is C4H4N5O2-. The second-order valence-electron chi connectivity index (χ2n) is 1.72. The Morgan fingerprint density at radius 2 is 2.55 bits per heavy atom. The molecule has 11 heavy (non-hydrogen) atoms. The van der Waals surface area contributed by atoms with Crippen molar-refractivity contribution < 1.29 is 4.79 Å². The molecule has 0 bridgehead atoms. The number of nitrogens with two attached hydrogens (primary N) is 1. The Kier molecular flexibility index (Phi) is 1.55. The second-order valence-corrected chi connectivity index (χ2v) is 1.72. The predicted molar refractivity (Wildman–Crippen MR) is 34.3 cm³/mol. The largest absolute Gasteiger partial charge is 0.803 e. The first kappa shape index (κ1) is 7.19. The van der Waals surface area contributed by atoms with E-state index in [4.69, 9.17) is 11.3 Å². The molecule has 0 unspecified atom stereocenters. The van der Waals surface area contributed by atoms with Crippen molar-refractivity contribution in [2.75, 3.05) is 0 Å². The van der Waals surface area contributed by atoms with Crippen molar-refractivity contribution in [1.82, 2.24) is 9.71 Å². The number of nitrogens with zero attached hydrogens (tertiary/aromatic N) is 3. The van der Waals surface area contributed by atoms with Gasteiger partial charge in [-0.3, -0.25) is 4.79 Å². The van der Waals surface area contributed by atoms with Gasteiger partial charge in [-0.2, -0.15) is 0 Å². The summed E-state index contributed by atoms with van der Waals surface area (Å²) in [6.45, 7) is 0. The van der Waals surface area contributed by atoms with Crippen LogP contribution < -0.4 is 5.73 Å². The van der Waals surface area contributed by atoms with Gasteiger partial charge in [0.2, 0.25) is 0 Å². The van der Waals surface area contributed by atoms with E-state index in [1.165, 1.54) is 0 Å². The summed E-state index contributed by atoms with van der Waals surface area (Å²) in [5, 5.41) is 13.4. The van der Waals surface area contributed by atoms with Crippen molar-refractivity contribution in [3.8, 4) is 0 Å². The van der Waals surface area contributed by atoms with Crippen LogP contribution in [-0.4, -0.2) is 15.6 Å². The van der Waals surface area contributed by atoms with Gasteiger partial charge >= 0.3 is 0 Å². The fraction of sp³-hybridized carbons (Fsp3) is 0. The third-order valence-corrected chi connectivity index (χ3v) is 1.05. The zero-order chi connectivity index (χ0) is 8.43. The van der Waals surface area contributed by atoms with Crippen LogP contribution >= 0.6 is 0 Å². The molecule has 0 radical (unpaired) electrons. The number of carbonyl (C=O) groups is 1. The van der Waals surface area contributed by atoms with Crippen LogP contribution in [0, 0.1) is 10.7 Å². The Morgan fingerprint density at radius 1 is 1.91 bits per heavy atom. The van der Waals surface area contributed by atoms with Crippen LogP contribution in [0.3, 0.4) is 0 Å². The summed E-state index contributed by atoms with van der Waals surface area (Å²) < 4.78 is 0.201. The number of hydrogen-bond donors (Lipinski definition) is 2. The van der Waals surface area contributed by atoms with E-state index in [1.807, 2.05) is 0 Å². The van der Waals surface area contributed by atoms with Crippen molar-refractivity contribution >= 4 is 11.7 Å². The molecule has 0 fully saturated rings. The van der Waals surface area contributed by atoms with Crippen LogP contribution in [0.25, 0.3) is 0 Å². The average molecular weight is 154 g/mol. The Bertz CT molecular complexity index is 303. The van der Waals surface area contributed by atoms with Gasteiger partial charge in [0.05, 0.1) is 6.33 Å². The number of aromatic nitrogens is 2. The first-order valence-corrected chi connectivity index (χ1v) is 2.59. The first-order valence-electron chi connectivity index (χ1n) is 2.59. The maximum absolute atomic E-state index is 10.6. The standard InChI is InChI=1S/C4H4N5O2/c5-3(10)2-4(8-6)9(11)1-7-2/h1,6H,(H2,5,10)/q-1. The zero-order valence-corrected chi connectivity index (χ0v) is 5.31. The maximum atomic E-state index is 10.6. The minimum atomic E-state index is -0.870. The van der Waals surface area contributed by atoms with Crippen LogP contribution in [0.15, 0.2) is 11.4 Å². The van der Waals surface area contributed by atoms with Gasteiger partial charge < -0.3 is 15.7 Å². The monoisotopic (exact) mass is 154 g/mol. The zero-order valence-electron chi connectivity index (χ0n) is 5.31. The molecular weight excluding hydrogens is 150 g/mol. The van der Waals surface area contributed by atoms with E-state index in [0.29, 0.717) is 0 Å². The molecule has 7 nitrogen and oxygen atoms in total. The average Bonchev–Trinajstić information content (AvgIpc) is 2.30. The van der Waals surface area contributed by atoms with E-state index in [9.17, 15) is 10.0 Å². The van der Waals surface area contributed by atoms with Crippen molar-refractivity contribution in [1.29, 1.82) is 5.53 Å².